The Morgan fingerprint density at radius 1 is 1.37 bits per heavy atom. The Hall–Kier alpha value is -3.56. The molecule has 0 unspecified atom stereocenters. The van der Waals surface area contributed by atoms with E-state index in [2.05, 4.69) is 20.1 Å². The van der Waals surface area contributed by atoms with Crippen LogP contribution >= 0.6 is 0 Å². The second-order valence-electron chi connectivity index (χ2n) is 8.72. The lowest BCUT2D eigenvalue weighted by Gasteiger charge is -2.42. The molecule has 0 aliphatic carbocycles. The fourth-order valence-electron chi connectivity index (χ4n) is 4.04. The topological polar surface area (TPSA) is 184 Å². The van der Waals surface area contributed by atoms with Crippen molar-refractivity contribution in [2.24, 2.45) is 0 Å². The van der Waals surface area contributed by atoms with Crippen molar-refractivity contribution in [3.8, 4) is 17.1 Å². The van der Waals surface area contributed by atoms with Crippen LogP contribution in [0.4, 0.5) is 5.69 Å². The molecule has 1 saturated heterocycles. The van der Waals surface area contributed by atoms with Gasteiger partial charge in [-0.1, -0.05) is 13.3 Å². The first-order valence-corrected chi connectivity index (χ1v) is 13.6. The van der Waals surface area contributed by atoms with Gasteiger partial charge in [-0.25, -0.2) is 13.4 Å². The Morgan fingerprint density at radius 2 is 2.08 bits per heavy atom. The van der Waals surface area contributed by atoms with E-state index in [9.17, 15) is 23.3 Å². The molecule has 208 valence electrons. The molecule has 0 spiro atoms. The van der Waals surface area contributed by atoms with E-state index in [-0.39, 0.29) is 65.7 Å². The minimum atomic E-state index is -3.89. The molecule has 15 heteroatoms. The molecule has 0 bridgehead atoms. The molecule has 3 N–H and O–H groups in total. The monoisotopic (exact) mass is 551 g/mol. The summed E-state index contributed by atoms with van der Waals surface area (Å²) >= 11 is 0. The second kappa shape index (κ2) is 12.3. The second-order valence-corrected chi connectivity index (χ2v) is 10.7. The molecular weight excluding hydrogens is 518 g/mol. The Balaban J connectivity index is 1.92. The minimum Gasteiger partial charge on any atom is -0.493 e. The average Bonchev–Trinajstić information content (AvgIpc) is 2.82. The number of aromatic nitrogens is 2. The Bertz CT molecular complexity index is 1340. The van der Waals surface area contributed by atoms with Crippen LogP contribution in [0.3, 0.4) is 0 Å². The maximum absolute atomic E-state index is 13.4. The molecule has 1 aliphatic rings. The van der Waals surface area contributed by atoms with Gasteiger partial charge in [0.15, 0.2) is 0 Å². The molecule has 0 amide bonds. The van der Waals surface area contributed by atoms with Gasteiger partial charge in [0.05, 0.1) is 22.8 Å². The number of likely N-dealkylation sites (N-methyl/N-ethyl adjacent to an activating group) is 1. The summed E-state index contributed by atoms with van der Waals surface area (Å²) < 4.78 is 33.8. The molecule has 2 aromatic rings. The number of rotatable bonds is 14. The third kappa shape index (κ3) is 6.28. The number of nitrogens with one attached hydrogen (secondary N) is 3. The van der Waals surface area contributed by atoms with E-state index >= 15 is 0 Å². The van der Waals surface area contributed by atoms with E-state index in [1.54, 1.807) is 21.0 Å². The molecule has 38 heavy (non-hydrogen) atoms. The zero-order valence-corrected chi connectivity index (χ0v) is 22.6. The maximum Gasteiger partial charge on any atom is 0.294 e. The summed E-state index contributed by atoms with van der Waals surface area (Å²) in [5.74, 6) is 0.434. The molecule has 1 aromatic heterocycles. The number of hydrogen-bond acceptors (Lipinski definition) is 11. The predicted octanol–water partition coefficient (Wildman–Crippen LogP) is 1.56. The summed E-state index contributed by atoms with van der Waals surface area (Å²) in [6.45, 7) is 4.60. The first kappa shape index (κ1) is 29.0. The quantitative estimate of drug-likeness (QED) is 0.177. The smallest absolute Gasteiger partial charge is 0.294 e. The summed E-state index contributed by atoms with van der Waals surface area (Å²) in [6.07, 6.45) is 1.11. The summed E-state index contributed by atoms with van der Waals surface area (Å²) in [5, 5.41) is 20.6. The Labute approximate surface area is 220 Å². The van der Waals surface area contributed by atoms with Crippen molar-refractivity contribution in [3.05, 3.63) is 44.4 Å². The summed E-state index contributed by atoms with van der Waals surface area (Å²) in [4.78, 5) is 36.5. The van der Waals surface area contributed by atoms with Crippen molar-refractivity contribution < 1.29 is 23.1 Å². The Kier molecular flexibility index (Phi) is 9.40. The van der Waals surface area contributed by atoms with Crippen molar-refractivity contribution >= 4 is 21.4 Å². The average molecular weight is 552 g/mol. The van der Waals surface area contributed by atoms with E-state index in [1.165, 1.54) is 22.5 Å². The molecule has 0 saturated carbocycles. The predicted molar refractivity (Wildman–Crippen MR) is 141 cm³/mol. The molecule has 3 rings (SSSR count). The normalized spacial score (nSPS) is 14.2. The van der Waals surface area contributed by atoms with Gasteiger partial charge in [0.1, 0.15) is 29.6 Å². The minimum absolute atomic E-state index is 0.000678. The first-order chi connectivity index (χ1) is 18.0. The molecular formula is C23H33N7O7S. The van der Waals surface area contributed by atoms with Gasteiger partial charge in [-0.05, 0) is 38.6 Å². The fourth-order valence-corrected chi connectivity index (χ4v) is 5.58. The van der Waals surface area contributed by atoms with Gasteiger partial charge < -0.3 is 25.3 Å². The molecule has 2 heterocycles. The molecule has 1 aliphatic heterocycles. The van der Waals surface area contributed by atoms with Crippen LogP contribution in [0.5, 0.6) is 5.75 Å². The largest absolute Gasteiger partial charge is 0.493 e. The van der Waals surface area contributed by atoms with Crippen LogP contribution in [0.15, 0.2) is 27.9 Å². The molecule has 0 atom stereocenters. The highest BCUT2D eigenvalue weighted by atomic mass is 32.2. The number of ether oxygens (including phenoxy) is 1. The highest BCUT2D eigenvalue weighted by Crippen LogP contribution is 2.33. The van der Waals surface area contributed by atoms with Gasteiger partial charge >= 0.3 is 0 Å². The molecule has 1 aromatic carbocycles. The van der Waals surface area contributed by atoms with Crippen LogP contribution in [0, 0.1) is 15.5 Å². The van der Waals surface area contributed by atoms with Gasteiger partial charge in [0.25, 0.3) is 10.6 Å². The van der Waals surface area contributed by atoms with E-state index in [0.717, 1.165) is 0 Å². The van der Waals surface area contributed by atoms with E-state index in [0.29, 0.717) is 25.2 Å². The number of nitrogens with zero attached hydrogens (tertiary/aromatic N) is 4. The van der Waals surface area contributed by atoms with Crippen LogP contribution in [-0.2, 0) is 14.9 Å². The van der Waals surface area contributed by atoms with Crippen LogP contribution in [0.1, 0.15) is 32.4 Å². The lowest BCUT2D eigenvalue weighted by molar-refractivity contribution is -0.757. The fraction of sp³-hybridized carbons (Fsp3) is 0.522. The lowest BCUT2D eigenvalue weighted by atomic mass is 10.1. The van der Waals surface area contributed by atoms with Crippen molar-refractivity contribution in [1.29, 1.82) is 5.41 Å². The number of sulfonamides is 1. The zero-order chi connectivity index (χ0) is 28.0. The highest BCUT2D eigenvalue weighted by molar-refractivity contribution is 7.89. The van der Waals surface area contributed by atoms with Crippen molar-refractivity contribution in [2.75, 3.05) is 52.3 Å². The van der Waals surface area contributed by atoms with Gasteiger partial charge in [0.2, 0.25) is 10.0 Å². The van der Waals surface area contributed by atoms with Crippen molar-refractivity contribution in [3.63, 3.8) is 0 Å². The van der Waals surface area contributed by atoms with E-state index in [1.807, 2.05) is 11.8 Å². The van der Waals surface area contributed by atoms with Crippen molar-refractivity contribution in [1.82, 2.24) is 19.2 Å². The number of benzene rings is 1. The SMILES string of the molecule is CCCC(=N)c1nc(-c2cc(S(=O)(=O)N3CC(N(C)CCO[N+](=O)[O-])C3)ccc2OCC)[nH]c(=O)c1NC. The van der Waals surface area contributed by atoms with Crippen LogP contribution in [0.25, 0.3) is 11.4 Å². The highest BCUT2D eigenvalue weighted by Gasteiger charge is 2.39. The van der Waals surface area contributed by atoms with Gasteiger partial charge in [-0.3, -0.25) is 9.69 Å². The molecule has 14 nitrogen and oxygen atoms in total. The molecule has 0 radical (unpaired) electrons. The summed E-state index contributed by atoms with van der Waals surface area (Å²) in [7, 11) is -0.568. The maximum atomic E-state index is 13.4. The van der Waals surface area contributed by atoms with Crippen molar-refractivity contribution in [2.45, 2.75) is 37.6 Å². The van der Waals surface area contributed by atoms with E-state index in [4.69, 9.17) is 10.1 Å². The first-order valence-electron chi connectivity index (χ1n) is 12.2. The van der Waals surface area contributed by atoms with Gasteiger partial charge in [0, 0.05) is 32.7 Å². The number of H-pyrrole nitrogens is 1. The number of anilines is 1. The number of aromatic amines is 1. The van der Waals surface area contributed by atoms with Gasteiger partial charge in [-0.15, -0.1) is 10.1 Å². The molecule has 1 fully saturated rings. The van der Waals surface area contributed by atoms with Crippen LogP contribution in [0.2, 0.25) is 0 Å². The zero-order valence-electron chi connectivity index (χ0n) is 21.8. The lowest BCUT2D eigenvalue weighted by Crippen LogP contribution is -2.60. The van der Waals surface area contributed by atoms with E-state index < -0.39 is 20.7 Å². The Morgan fingerprint density at radius 3 is 2.68 bits per heavy atom. The van der Waals surface area contributed by atoms with Gasteiger partial charge in [-0.2, -0.15) is 4.31 Å². The summed E-state index contributed by atoms with van der Waals surface area (Å²) in [5.41, 5.74) is 0.333. The standard InChI is InChI=1S/C23H33N7O7S/c1-5-7-18(24)20-21(25-3)23(31)27-22(26-20)17-12-16(8-9-19(17)36-6-2)38(34,35)29-13-15(14-29)28(4)10-11-37-30(32)33/h8-9,12,15,24-25H,5-7,10-11,13-14H2,1-4H3,(H,26,27,31). The summed E-state index contributed by atoms with van der Waals surface area (Å²) in [6, 6.07) is 4.26. The third-order valence-corrected chi connectivity index (χ3v) is 8.02. The van der Waals surface area contributed by atoms with Crippen LogP contribution < -0.4 is 15.6 Å². The number of hydrogen-bond donors (Lipinski definition) is 3. The van der Waals surface area contributed by atoms with Crippen LogP contribution in [-0.4, -0.2) is 91.4 Å². The third-order valence-electron chi connectivity index (χ3n) is 6.19.